The first kappa shape index (κ1) is 18.0. The molecular weight excluding hydrogens is 319 g/mol. The van der Waals surface area contributed by atoms with Crippen LogP contribution in [0.4, 0.5) is 0 Å². The summed E-state index contributed by atoms with van der Waals surface area (Å²) in [5, 5.41) is 35.0. The molecule has 0 aliphatic carbocycles. The summed E-state index contributed by atoms with van der Waals surface area (Å²) >= 11 is 0. The van der Waals surface area contributed by atoms with E-state index in [0.29, 0.717) is 0 Å². The van der Waals surface area contributed by atoms with Crippen molar-refractivity contribution in [3.63, 3.8) is 0 Å². The van der Waals surface area contributed by atoms with Crippen LogP contribution in [0.1, 0.15) is 10.4 Å². The Hall–Kier alpha value is -1.95. The number of carboxylic acid groups (broad SMARTS) is 1. The number of benzene rings is 1. The minimum Gasteiger partial charge on any atom is -0.504 e. The summed E-state index contributed by atoms with van der Waals surface area (Å²) in [6.07, 6.45) is 0. The van der Waals surface area contributed by atoms with Gasteiger partial charge in [0.25, 0.3) is 0 Å². The van der Waals surface area contributed by atoms with Crippen molar-refractivity contribution in [1.29, 1.82) is 0 Å². The SMILES string of the molecule is O=C(O)c1cc(O)c(O)c(O)c1.O=P(=O)O[Si](O)(O)O. The lowest BCUT2D eigenvalue weighted by Gasteiger charge is -2.01. The molecule has 112 valence electrons. The molecule has 0 heterocycles. The van der Waals surface area contributed by atoms with Gasteiger partial charge >= 0.3 is 22.9 Å². The van der Waals surface area contributed by atoms with E-state index in [-0.39, 0.29) is 5.56 Å². The topological polar surface area (TPSA) is 202 Å². The highest BCUT2D eigenvalue weighted by Gasteiger charge is 2.33. The molecule has 0 radical (unpaired) electrons. The smallest absolute Gasteiger partial charge is 0.504 e. The maximum atomic E-state index is 10.3. The molecule has 1 rings (SSSR count). The molecule has 0 fully saturated rings. The number of phenols is 3. The fourth-order valence-electron chi connectivity index (χ4n) is 0.828. The maximum absolute atomic E-state index is 10.3. The first-order chi connectivity index (χ1) is 8.94. The quantitative estimate of drug-likeness (QED) is 0.204. The van der Waals surface area contributed by atoms with Gasteiger partial charge in [0, 0.05) is 0 Å². The minimum atomic E-state index is -4.82. The van der Waals surface area contributed by atoms with Gasteiger partial charge in [-0.3, -0.25) is 0 Å². The van der Waals surface area contributed by atoms with Crippen LogP contribution in [0, 0.1) is 0 Å². The Balaban J connectivity index is 0.000000396. The third-order valence-corrected chi connectivity index (χ3v) is 3.09. The zero-order valence-corrected chi connectivity index (χ0v) is 11.3. The second-order valence-corrected chi connectivity index (χ2v) is 5.38. The number of phenolic OH excluding ortho intramolecular Hbond substituents is 3. The third-order valence-electron chi connectivity index (χ3n) is 1.51. The molecule has 0 aliphatic heterocycles. The average Bonchev–Trinajstić information content (AvgIpc) is 2.22. The van der Waals surface area contributed by atoms with Crippen molar-refractivity contribution in [2.24, 2.45) is 0 Å². The van der Waals surface area contributed by atoms with E-state index in [1.165, 1.54) is 0 Å². The van der Waals surface area contributed by atoms with Crippen LogP contribution in [-0.4, -0.2) is 49.8 Å². The fourth-order valence-corrected chi connectivity index (χ4v) is 1.63. The lowest BCUT2D eigenvalue weighted by atomic mass is 10.2. The van der Waals surface area contributed by atoms with Crippen molar-refractivity contribution in [2.75, 3.05) is 0 Å². The van der Waals surface area contributed by atoms with Crippen molar-refractivity contribution in [1.82, 2.24) is 0 Å². The molecular formula is C7H9O11PSi. The highest BCUT2D eigenvalue weighted by molar-refractivity contribution is 7.26. The fraction of sp³-hybridized carbons (Fsp3) is 0. The van der Waals surface area contributed by atoms with E-state index in [1.54, 1.807) is 0 Å². The molecule has 1 aromatic rings. The lowest BCUT2D eigenvalue weighted by molar-refractivity contribution is 0.0695. The van der Waals surface area contributed by atoms with Crippen molar-refractivity contribution >= 4 is 22.9 Å². The minimum absolute atomic E-state index is 0.289. The zero-order chi connectivity index (χ0) is 16.1. The van der Waals surface area contributed by atoms with Crippen LogP contribution in [0.25, 0.3) is 0 Å². The molecule has 1 aromatic carbocycles. The van der Waals surface area contributed by atoms with Gasteiger partial charge in [-0.25, -0.2) is 18.1 Å². The van der Waals surface area contributed by atoms with Crippen molar-refractivity contribution in [2.45, 2.75) is 0 Å². The average molecular weight is 328 g/mol. The standard InChI is InChI=1S/C7H6O5.H3O6PSi/c8-4-1-3(7(11)12)2-5(9)6(4)10;1-7(2)6-8(3,4)5/h1-2,8-10H,(H,11,12);3-5H. The predicted molar refractivity (Wildman–Crippen MR) is 60.2 cm³/mol. The second kappa shape index (κ2) is 7.00. The molecule has 0 atom stereocenters. The Bertz CT molecular complexity index is 529. The monoisotopic (exact) mass is 328 g/mol. The van der Waals surface area contributed by atoms with E-state index < -0.39 is 40.2 Å². The second-order valence-electron chi connectivity index (χ2n) is 3.06. The van der Waals surface area contributed by atoms with Gasteiger partial charge in [-0.05, 0) is 12.1 Å². The van der Waals surface area contributed by atoms with Gasteiger partial charge in [0.15, 0.2) is 17.2 Å². The Kier molecular flexibility index (Phi) is 6.31. The molecule has 0 saturated carbocycles. The maximum Gasteiger partial charge on any atom is 0.683 e. The molecule has 13 heteroatoms. The Labute approximate surface area is 112 Å². The van der Waals surface area contributed by atoms with E-state index in [0.717, 1.165) is 12.1 Å². The van der Waals surface area contributed by atoms with Crippen LogP contribution < -0.4 is 0 Å². The number of hydrogen-bond donors (Lipinski definition) is 7. The summed E-state index contributed by atoms with van der Waals surface area (Å²) in [7, 11) is -8.19. The van der Waals surface area contributed by atoms with Gasteiger partial charge in [-0.1, -0.05) is 0 Å². The van der Waals surface area contributed by atoms with Gasteiger partial charge in [0.1, 0.15) is 0 Å². The summed E-state index contributed by atoms with van der Waals surface area (Å²) in [4.78, 5) is 33.8. The van der Waals surface area contributed by atoms with Crippen molar-refractivity contribution in [3.05, 3.63) is 17.7 Å². The number of carbonyl (C=O) groups is 1. The molecule has 11 nitrogen and oxygen atoms in total. The highest BCUT2D eigenvalue weighted by atomic mass is 31.1. The summed E-state index contributed by atoms with van der Waals surface area (Å²) in [6, 6.07) is 1.69. The number of aromatic carboxylic acids is 1. The van der Waals surface area contributed by atoms with E-state index in [2.05, 4.69) is 4.21 Å². The molecule has 0 amide bonds. The normalized spacial score (nSPS) is 10.3. The summed E-state index contributed by atoms with van der Waals surface area (Å²) in [5.74, 6) is -3.33. The van der Waals surface area contributed by atoms with Crippen LogP contribution in [0.15, 0.2) is 12.1 Å². The number of hydrogen-bond acceptors (Lipinski definition) is 10. The number of aromatic hydroxyl groups is 3. The number of carboxylic acids is 1. The van der Waals surface area contributed by atoms with Crippen LogP contribution in [-0.2, 0) is 13.3 Å². The summed E-state index contributed by atoms with van der Waals surface area (Å²) in [6.45, 7) is 0. The molecule has 0 spiro atoms. The molecule has 7 N–H and O–H groups in total. The molecule has 0 aromatic heterocycles. The van der Waals surface area contributed by atoms with Crippen molar-refractivity contribution in [3.8, 4) is 17.2 Å². The van der Waals surface area contributed by atoms with E-state index in [1.807, 2.05) is 0 Å². The van der Waals surface area contributed by atoms with Crippen LogP contribution >= 0.6 is 7.91 Å². The van der Waals surface area contributed by atoms with Gasteiger partial charge in [-0.15, -0.1) is 0 Å². The van der Waals surface area contributed by atoms with Crippen LogP contribution in [0.2, 0.25) is 0 Å². The van der Waals surface area contributed by atoms with E-state index >= 15 is 0 Å². The molecule has 0 saturated heterocycles. The molecule has 0 aliphatic rings. The van der Waals surface area contributed by atoms with Crippen LogP contribution in [0.5, 0.6) is 17.2 Å². The molecule has 20 heavy (non-hydrogen) atoms. The Morgan fingerprint density at radius 2 is 1.45 bits per heavy atom. The Morgan fingerprint density at radius 3 is 1.65 bits per heavy atom. The summed E-state index contributed by atoms with van der Waals surface area (Å²) in [5.41, 5.74) is -0.289. The van der Waals surface area contributed by atoms with E-state index in [4.69, 9.17) is 34.8 Å². The molecule has 0 bridgehead atoms. The largest absolute Gasteiger partial charge is 0.683 e. The lowest BCUT2D eigenvalue weighted by Crippen LogP contribution is -2.35. The van der Waals surface area contributed by atoms with Gasteiger partial charge in [0.05, 0.1) is 5.56 Å². The van der Waals surface area contributed by atoms with Gasteiger partial charge in [0.2, 0.25) is 0 Å². The zero-order valence-electron chi connectivity index (χ0n) is 9.37. The first-order valence-electron chi connectivity index (χ1n) is 4.43. The van der Waals surface area contributed by atoms with E-state index in [9.17, 15) is 13.9 Å². The first-order valence-corrected chi connectivity index (χ1v) is 7.27. The van der Waals surface area contributed by atoms with Gasteiger partial charge in [-0.2, -0.15) is 0 Å². The highest BCUT2D eigenvalue weighted by Crippen LogP contribution is 2.35. The summed E-state index contributed by atoms with van der Waals surface area (Å²) < 4.78 is 22.0. The Morgan fingerprint density at radius 1 is 1.05 bits per heavy atom. The van der Waals surface area contributed by atoms with Crippen LogP contribution in [0.3, 0.4) is 0 Å². The number of rotatable bonds is 3. The van der Waals surface area contributed by atoms with Crippen molar-refractivity contribution < 1.29 is 53.0 Å². The van der Waals surface area contributed by atoms with Gasteiger partial charge < -0.3 is 34.8 Å². The third kappa shape index (κ3) is 6.84. The predicted octanol–water partition coefficient (Wildman–Crippen LogP) is -0.995. The molecule has 0 unspecified atom stereocenters.